The van der Waals surface area contributed by atoms with Crippen LogP contribution >= 0.6 is 0 Å². The molecule has 0 saturated carbocycles. The van der Waals surface area contributed by atoms with Crippen LogP contribution in [0.4, 0.5) is 0 Å². The van der Waals surface area contributed by atoms with E-state index in [2.05, 4.69) is 4.90 Å². The smallest absolute Gasteiger partial charge is 0.227 e. The molecule has 1 heterocycles. The Hall–Kier alpha value is -1.59. The number of benzene rings is 1. The maximum atomic E-state index is 12.3. The van der Waals surface area contributed by atoms with Crippen LogP contribution in [0.1, 0.15) is 18.4 Å². The van der Waals surface area contributed by atoms with Crippen LogP contribution in [0.5, 0.6) is 5.75 Å². The third-order valence-electron chi connectivity index (χ3n) is 3.92. The van der Waals surface area contributed by atoms with Gasteiger partial charge >= 0.3 is 0 Å². The van der Waals surface area contributed by atoms with Gasteiger partial charge in [-0.2, -0.15) is 0 Å². The molecular formula is C16H25N3O2. The standard InChI is InChI=1S/C16H25N3O2/c17-6-1-2-7-18-8-10-19(11-9-18)16(21)13-14-4-3-5-15(20)12-14/h3-5,12,20H,1-2,6-11,13,17H2. The average molecular weight is 291 g/mol. The van der Waals surface area contributed by atoms with Crippen molar-refractivity contribution in [2.75, 3.05) is 39.3 Å². The fourth-order valence-electron chi connectivity index (χ4n) is 2.65. The highest BCUT2D eigenvalue weighted by atomic mass is 16.3. The first-order valence-electron chi connectivity index (χ1n) is 7.67. The Labute approximate surface area is 126 Å². The monoisotopic (exact) mass is 291 g/mol. The lowest BCUT2D eigenvalue weighted by Crippen LogP contribution is -2.49. The third-order valence-corrected chi connectivity index (χ3v) is 3.92. The number of carbonyl (C=O) groups is 1. The van der Waals surface area contributed by atoms with E-state index >= 15 is 0 Å². The molecule has 1 aromatic carbocycles. The largest absolute Gasteiger partial charge is 0.508 e. The summed E-state index contributed by atoms with van der Waals surface area (Å²) in [6.07, 6.45) is 2.56. The van der Waals surface area contributed by atoms with Gasteiger partial charge < -0.3 is 15.7 Å². The van der Waals surface area contributed by atoms with Crippen molar-refractivity contribution < 1.29 is 9.90 Å². The molecule has 1 amide bonds. The van der Waals surface area contributed by atoms with Gasteiger partial charge in [0, 0.05) is 26.2 Å². The van der Waals surface area contributed by atoms with Gasteiger partial charge in [-0.05, 0) is 43.6 Å². The summed E-state index contributed by atoms with van der Waals surface area (Å²) in [7, 11) is 0. The number of carbonyl (C=O) groups excluding carboxylic acids is 1. The van der Waals surface area contributed by atoms with Gasteiger partial charge in [0.25, 0.3) is 0 Å². The SMILES string of the molecule is NCCCCN1CCN(C(=O)Cc2cccc(O)c2)CC1. The van der Waals surface area contributed by atoms with Crippen LogP contribution in [0.15, 0.2) is 24.3 Å². The Kier molecular flexibility index (Phi) is 6.02. The number of hydrogen-bond acceptors (Lipinski definition) is 4. The van der Waals surface area contributed by atoms with Crippen LogP contribution in [0.3, 0.4) is 0 Å². The summed E-state index contributed by atoms with van der Waals surface area (Å²) in [5, 5.41) is 9.43. The molecule has 1 aromatic rings. The minimum atomic E-state index is 0.141. The van der Waals surface area contributed by atoms with Gasteiger partial charge in [-0.25, -0.2) is 0 Å². The zero-order valence-electron chi connectivity index (χ0n) is 12.5. The molecule has 0 aromatic heterocycles. The van der Waals surface area contributed by atoms with Crippen molar-refractivity contribution in [3.05, 3.63) is 29.8 Å². The van der Waals surface area contributed by atoms with Gasteiger partial charge in [0.05, 0.1) is 6.42 Å². The Morgan fingerprint density at radius 3 is 2.62 bits per heavy atom. The lowest BCUT2D eigenvalue weighted by Gasteiger charge is -2.34. The maximum absolute atomic E-state index is 12.3. The van der Waals surface area contributed by atoms with Crippen molar-refractivity contribution in [3.8, 4) is 5.75 Å². The number of piperazine rings is 1. The first-order valence-corrected chi connectivity index (χ1v) is 7.67. The van der Waals surface area contributed by atoms with Gasteiger partial charge in [-0.15, -0.1) is 0 Å². The molecule has 21 heavy (non-hydrogen) atoms. The lowest BCUT2D eigenvalue weighted by atomic mass is 10.1. The molecule has 0 atom stereocenters. The summed E-state index contributed by atoms with van der Waals surface area (Å²) in [6.45, 7) is 5.29. The molecule has 3 N–H and O–H groups in total. The van der Waals surface area contributed by atoms with E-state index in [4.69, 9.17) is 5.73 Å². The van der Waals surface area contributed by atoms with E-state index in [0.29, 0.717) is 6.42 Å². The van der Waals surface area contributed by atoms with Gasteiger partial charge in [-0.1, -0.05) is 12.1 Å². The minimum Gasteiger partial charge on any atom is -0.508 e. The Morgan fingerprint density at radius 1 is 1.19 bits per heavy atom. The average Bonchev–Trinajstić information content (AvgIpc) is 2.48. The quantitative estimate of drug-likeness (QED) is 0.761. The number of phenolic OH excluding ortho intramolecular Hbond substituents is 1. The van der Waals surface area contributed by atoms with Crippen LogP contribution in [0.25, 0.3) is 0 Å². The molecule has 0 aliphatic carbocycles. The highest BCUT2D eigenvalue weighted by Gasteiger charge is 2.20. The number of aromatic hydroxyl groups is 1. The van der Waals surface area contributed by atoms with E-state index in [1.165, 1.54) is 0 Å². The normalized spacial score (nSPS) is 16.1. The highest BCUT2D eigenvalue weighted by molar-refractivity contribution is 5.79. The second-order valence-electron chi connectivity index (χ2n) is 5.56. The van der Waals surface area contributed by atoms with E-state index in [1.54, 1.807) is 18.2 Å². The molecule has 2 rings (SSSR count). The van der Waals surface area contributed by atoms with Gasteiger partial charge in [0.15, 0.2) is 0 Å². The first kappa shape index (κ1) is 15.8. The third kappa shape index (κ3) is 5.02. The molecule has 5 heteroatoms. The summed E-state index contributed by atoms with van der Waals surface area (Å²) in [5.74, 6) is 0.354. The van der Waals surface area contributed by atoms with E-state index < -0.39 is 0 Å². The topological polar surface area (TPSA) is 69.8 Å². The zero-order valence-corrected chi connectivity index (χ0v) is 12.5. The summed E-state index contributed by atoms with van der Waals surface area (Å²) in [4.78, 5) is 16.6. The van der Waals surface area contributed by atoms with Crippen molar-refractivity contribution in [2.24, 2.45) is 5.73 Å². The number of phenols is 1. The molecular weight excluding hydrogens is 266 g/mol. The molecule has 0 unspecified atom stereocenters. The number of nitrogens with two attached hydrogens (primary N) is 1. The van der Waals surface area contributed by atoms with Crippen LogP contribution in [0.2, 0.25) is 0 Å². The molecule has 1 aliphatic rings. The van der Waals surface area contributed by atoms with E-state index in [9.17, 15) is 9.90 Å². The van der Waals surface area contributed by atoms with Crippen LogP contribution in [-0.4, -0.2) is 60.1 Å². The molecule has 1 aliphatic heterocycles. The maximum Gasteiger partial charge on any atom is 0.227 e. The first-order chi connectivity index (χ1) is 10.2. The molecule has 0 radical (unpaired) electrons. The molecule has 1 fully saturated rings. The summed E-state index contributed by atoms with van der Waals surface area (Å²) >= 11 is 0. The molecule has 0 bridgehead atoms. The lowest BCUT2D eigenvalue weighted by molar-refractivity contribution is -0.132. The fraction of sp³-hybridized carbons (Fsp3) is 0.562. The number of amides is 1. The van der Waals surface area contributed by atoms with Crippen molar-refractivity contribution >= 4 is 5.91 Å². The Balaban J connectivity index is 1.75. The Morgan fingerprint density at radius 2 is 1.95 bits per heavy atom. The van der Waals surface area contributed by atoms with Crippen molar-refractivity contribution in [1.29, 1.82) is 0 Å². The van der Waals surface area contributed by atoms with Crippen molar-refractivity contribution in [2.45, 2.75) is 19.3 Å². The molecule has 116 valence electrons. The Bertz CT molecular complexity index is 457. The highest BCUT2D eigenvalue weighted by Crippen LogP contribution is 2.13. The van der Waals surface area contributed by atoms with Crippen LogP contribution < -0.4 is 5.73 Å². The predicted octanol–water partition coefficient (Wildman–Crippen LogP) is 0.818. The second kappa shape index (κ2) is 8.00. The van der Waals surface area contributed by atoms with Gasteiger partial charge in [0.1, 0.15) is 5.75 Å². The second-order valence-corrected chi connectivity index (χ2v) is 5.56. The number of nitrogens with zero attached hydrogens (tertiary/aromatic N) is 2. The van der Waals surface area contributed by atoms with Crippen molar-refractivity contribution in [3.63, 3.8) is 0 Å². The van der Waals surface area contributed by atoms with E-state index in [1.807, 2.05) is 11.0 Å². The zero-order chi connectivity index (χ0) is 15.1. The van der Waals surface area contributed by atoms with E-state index in [-0.39, 0.29) is 11.7 Å². The van der Waals surface area contributed by atoms with Crippen molar-refractivity contribution in [1.82, 2.24) is 9.80 Å². The molecule has 0 spiro atoms. The number of rotatable bonds is 6. The number of unbranched alkanes of at least 4 members (excludes halogenated alkanes) is 1. The summed E-state index contributed by atoms with van der Waals surface area (Å²) in [6, 6.07) is 6.92. The molecule has 5 nitrogen and oxygen atoms in total. The number of hydrogen-bond donors (Lipinski definition) is 2. The fourth-order valence-corrected chi connectivity index (χ4v) is 2.65. The minimum absolute atomic E-state index is 0.141. The van der Waals surface area contributed by atoms with Gasteiger partial charge in [0.2, 0.25) is 5.91 Å². The van der Waals surface area contributed by atoms with Gasteiger partial charge in [-0.3, -0.25) is 9.69 Å². The van der Waals surface area contributed by atoms with E-state index in [0.717, 1.165) is 57.7 Å². The van der Waals surface area contributed by atoms with Crippen LogP contribution in [0, 0.1) is 0 Å². The predicted molar refractivity (Wildman–Crippen MR) is 83.1 cm³/mol. The summed E-state index contributed by atoms with van der Waals surface area (Å²) < 4.78 is 0. The van der Waals surface area contributed by atoms with Crippen LogP contribution in [-0.2, 0) is 11.2 Å². The molecule has 1 saturated heterocycles. The summed E-state index contributed by atoms with van der Waals surface area (Å²) in [5.41, 5.74) is 6.37.